The van der Waals surface area contributed by atoms with Gasteiger partial charge in [-0.1, -0.05) is 19.1 Å². The average Bonchev–Trinajstić information content (AvgIpc) is 2.39. The summed E-state index contributed by atoms with van der Waals surface area (Å²) < 4.78 is 26.6. The number of nitrogens with one attached hydrogen (secondary N) is 3. The quantitative estimate of drug-likeness (QED) is 0.729. The van der Waals surface area contributed by atoms with E-state index in [1.165, 1.54) is 6.07 Å². The Kier molecular flexibility index (Phi) is 5.27. The smallest absolute Gasteiger partial charge is 0.244 e. The Morgan fingerprint density at radius 2 is 1.85 bits per heavy atom. The topological polar surface area (TPSA) is 87.3 Å². The van der Waals surface area contributed by atoms with Crippen molar-refractivity contribution in [2.75, 3.05) is 18.9 Å². The third-order valence-electron chi connectivity index (χ3n) is 2.95. The molecule has 0 radical (unpaired) electrons. The third kappa shape index (κ3) is 3.78. The zero-order valence-electron chi connectivity index (χ0n) is 12.1. The fourth-order valence-electron chi connectivity index (χ4n) is 1.46. The predicted octanol–water partition coefficient (Wildman–Crippen LogP) is 0.921. The van der Waals surface area contributed by atoms with Crippen molar-refractivity contribution < 1.29 is 13.2 Å². The molecule has 1 aromatic carbocycles. The van der Waals surface area contributed by atoms with Crippen molar-refractivity contribution in [3.05, 3.63) is 24.3 Å². The molecule has 1 amide bonds. The monoisotopic (exact) mass is 299 g/mol. The fourth-order valence-corrected chi connectivity index (χ4v) is 2.67. The number of carbonyl (C=O) groups excluding carboxylic acids is 1. The van der Waals surface area contributed by atoms with Crippen LogP contribution in [0.4, 0.5) is 5.69 Å². The summed E-state index contributed by atoms with van der Waals surface area (Å²) >= 11 is 0. The molecule has 0 atom stereocenters. The maximum Gasteiger partial charge on any atom is 0.244 e. The molecule has 0 aliphatic rings. The van der Waals surface area contributed by atoms with Gasteiger partial charge in [-0.15, -0.1) is 0 Å². The molecule has 0 bridgehead atoms. The molecular weight excluding hydrogens is 278 g/mol. The molecule has 0 saturated carbocycles. The van der Waals surface area contributed by atoms with Gasteiger partial charge < -0.3 is 10.6 Å². The minimum absolute atomic E-state index is 0.0575. The third-order valence-corrected chi connectivity index (χ3v) is 4.56. The van der Waals surface area contributed by atoms with Gasteiger partial charge in [0.1, 0.15) is 4.90 Å². The normalized spacial score (nSPS) is 12.2. The fraction of sp³-hybridized carbons (Fsp3) is 0.462. The van der Waals surface area contributed by atoms with Crippen molar-refractivity contribution in [2.24, 2.45) is 0 Å². The number of likely N-dealkylation sites (N-methyl/N-ethyl adjacent to an activating group) is 1. The molecule has 0 aliphatic heterocycles. The van der Waals surface area contributed by atoms with E-state index < -0.39 is 15.6 Å². The van der Waals surface area contributed by atoms with E-state index in [4.69, 9.17) is 0 Å². The number of hydrogen-bond donors (Lipinski definition) is 3. The van der Waals surface area contributed by atoms with Crippen LogP contribution in [0.5, 0.6) is 0 Å². The summed E-state index contributed by atoms with van der Waals surface area (Å²) in [6.07, 6.45) is 0. The molecule has 0 spiro atoms. The number of benzene rings is 1. The van der Waals surface area contributed by atoms with Gasteiger partial charge in [0.05, 0.1) is 11.2 Å². The second kappa shape index (κ2) is 6.34. The number of rotatable bonds is 6. The van der Waals surface area contributed by atoms with Gasteiger partial charge in [0.2, 0.25) is 15.9 Å². The summed E-state index contributed by atoms with van der Waals surface area (Å²) in [5.41, 5.74) is -0.531. The predicted molar refractivity (Wildman–Crippen MR) is 79.1 cm³/mol. The molecule has 1 aromatic rings. The largest absolute Gasteiger partial charge is 0.323 e. The highest BCUT2D eigenvalue weighted by Crippen LogP contribution is 2.21. The second-order valence-corrected chi connectivity index (χ2v) is 6.56. The number of carbonyl (C=O) groups is 1. The first-order valence-electron chi connectivity index (χ1n) is 6.33. The van der Waals surface area contributed by atoms with Crippen LogP contribution >= 0.6 is 0 Å². The summed E-state index contributed by atoms with van der Waals surface area (Å²) in [6, 6.07) is 6.31. The number of sulfonamides is 1. The molecule has 0 unspecified atom stereocenters. The van der Waals surface area contributed by atoms with E-state index in [1.54, 1.807) is 46.0 Å². The Hall–Kier alpha value is -1.44. The van der Waals surface area contributed by atoms with Crippen LogP contribution in [0.1, 0.15) is 20.8 Å². The molecule has 0 aromatic heterocycles. The molecule has 1 rings (SSSR count). The van der Waals surface area contributed by atoms with Crippen molar-refractivity contribution in [1.29, 1.82) is 0 Å². The highest BCUT2D eigenvalue weighted by atomic mass is 32.2. The lowest BCUT2D eigenvalue weighted by atomic mass is 10.1. The minimum atomic E-state index is -3.62. The Morgan fingerprint density at radius 3 is 2.40 bits per heavy atom. The molecule has 7 heteroatoms. The van der Waals surface area contributed by atoms with E-state index in [0.717, 1.165) is 0 Å². The molecule has 3 N–H and O–H groups in total. The summed E-state index contributed by atoms with van der Waals surface area (Å²) in [4.78, 5) is 12.2. The highest BCUT2D eigenvalue weighted by molar-refractivity contribution is 7.89. The molecule has 20 heavy (non-hydrogen) atoms. The van der Waals surface area contributed by atoms with Crippen LogP contribution in [-0.2, 0) is 14.8 Å². The molecule has 6 nitrogen and oxygen atoms in total. The van der Waals surface area contributed by atoms with E-state index in [1.807, 2.05) is 0 Å². The molecule has 0 heterocycles. The molecular formula is C13H21N3O3S. The van der Waals surface area contributed by atoms with E-state index in [0.29, 0.717) is 0 Å². The lowest BCUT2D eigenvalue weighted by Crippen LogP contribution is -2.48. The Balaban J connectivity index is 3.13. The van der Waals surface area contributed by atoms with Crippen LogP contribution in [0, 0.1) is 0 Å². The molecule has 0 fully saturated rings. The number of amides is 1. The zero-order valence-corrected chi connectivity index (χ0v) is 13.0. The van der Waals surface area contributed by atoms with Crippen LogP contribution in [0.2, 0.25) is 0 Å². The lowest BCUT2D eigenvalue weighted by Gasteiger charge is -2.23. The van der Waals surface area contributed by atoms with E-state index in [9.17, 15) is 13.2 Å². The highest BCUT2D eigenvalue weighted by Gasteiger charge is 2.27. The van der Waals surface area contributed by atoms with Crippen LogP contribution in [0.25, 0.3) is 0 Å². The lowest BCUT2D eigenvalue weighted by molar-refractivity contribution is -0.121. The zero-order chi connectivity index (χ0) is 15.4. The maximum absolute atomic E-state index is 12.1. The van der Waals surface area contributed by atoms with Crippen LogP contribution in [-0.4, -0.2) is 33.5 Å². The van der Waals surface area contributed by atoms with Crippen LogP contribution < -0.4 is 15.4 Å². The summed E-state index contributed by atoms with van der Waals surface area (Å²) in [7, 11) is -1.96. The van der Waals surface area contributed by atoms with Crippen molar-refractivity contribution in [3.8, 4) is 0 Å². The van der Waals surface area contributed by atoms with Crippen molar-refractivity contribution in [2.45, 2.75) is 31.2 Å². The number of anilines is 1. The van der Waals surface area contributed by atoms with Gasteiger partial charge >= 0.3 is 0 Å². The first kappa shape index (κ1) is 16.6. The summed E-state index contributed by atoms with van der Waals surface area (Å²) in [5.74, 6) is -0.306. The first-order valence-corrected chi connectivity index (χ1v) is 7.82. The standard InChI is InChI=1S/C13H21N3O3S/c1-5-15-20(18,19)11-9-7-6-8-10(11)16-12(17)13(2,3)14-4/h6-9,14-15H,5H2,1-4H3,(H,16,17). The SMILES string of the molecule is CCNS(=O)(=O)c1ccccc1NC(=O)C(C)(C)NC. The van der Waals surface area contributed by atoms with Gasteiger partial charge in [-0.2, -0.15) is 0 Å². The molecule has 0 saturated heterocycles. The average molecular weight is 299 g/mol. The second-order valence-electron chi connectivity index (χ2n) is 4.83. The van der Waals surface area contributed by atoms with Crippen molar-refractivity contribution >= 4 is 21.6 Å². The van der Waals surface area contributed by atoms with Gasteiger partial charge in [0.15, 0.2) is 0 Å². The molecule has 112 valence electrons. The van der Waals surface area contributed by atoms with Gasteiger partial charge in [0, 0.05) is 6.54 Å². The first-order chi connectivity index (χ1) is 9.24. The van der Waals surface area contributed by atoms with Crippen LogP contribution in [0.15, 0.2) is 29.2 Å². The van der Waals surface area contributed by atoms with Crippen molar-refractivity contribution in [1.82, 2.24) is 10.0 Å². The summed E-state index contributed by atoms with van der Waals surface area (Å²) in [6.45, 7) is 5.41. The Bertz CT molecular complexity index is 582. The van der Waals surface area contributed by atoms with E-state index in [2.05, 4.69) is 15.4 Å². The minimum Gasteiger partial charge on any atom is -0.323 e. The van der Waals surface area contributed by atoms with Crippen LogP contribution in [0.3, 0.4) is 0 Å². The maximum atomic E-state index is 12.1. The Morgan fingerprint density at radius 1 is 1.25 bits per heavy atom. The Labute approximate surface area is 120 Å². The van der Waals surface area contributed by atoms with Crippen molar-refractivity contribution in [3.63, 3.8) is 0 Å². The van der Waals surface area contributed by atoms with Gasteiger partial charge in [-0.25, -0.2) is 13.1 Å². The van der Waals surface area contributed by atoms with Gasteiger partial charge in [0.25, 0.3) is 0 Å². The van der Waals surface area contributed by atoms with E-state index in [-0.39, 0.29) is 23.0 Å². The van der Waals surface area contributed by atoms with E-state index >= 15 is 0 Å². The van der Waals surface area contributed by atoms with Gasteiger partial charge in [-0.3, -0.25) is 4.79 Å². The summed E-state index contributed by atoms with van der Waals surface area (Å²) in [5, 5.41) is 5.51. The molecule has 0 aliphatic carbocycles. The number of para-hydroxylation sites is 1. The van der Waals surface area contributed by atoms with Gasteiger partial charge in [-0.05, 0) is 33.0 Å². The number of hydrogen-bond acceptors (Lipinski definition) is 4.